The van der Waals surface area contributed by atoms with Gasteiger partial charge in [-0.1, -0.05) is 55.6 Å². The molecule has 3 N–H and O–H groups in total. The topological polar surface area (TPSA) is 114 Å². The number of rotatable bonds is 8. The van der Waals surface area contributed by atoms with Gasteiger partial charge in [0.15, 0.2) is 0 Å². The van der Waals surface area contributed by atoms with E-state index in [4.69, 9.17) is 27.1 Å². The van der Waals surface area contributed by atoms with Crippen molar-refractivity contribution in [3.05, 3.63) is 76.0 Å². The summed E-state index contributed by atoms with van der Waals surface area (Å²) in [5, 5.41) is 3.30. The van der Waals surface area contributed by atoms with Crippen LogP contribution in [0.5, 0.6) is 0 Å². The summed E-state index contributed by atoms with van der Waals surface area (Å²) in [5.41, 5.74) is 8.31. The van der Waals surface area contributed by atoms with Crippen LogP contribution in [0.4, 0.5) is 10.5 Å². The third-order valence-electron chi connectivity index (χ3n) is 6.32. The fourth-order valence-electron chi connectivity index (χ4n) is 4.43. The van der Waals surface area contributed by atoms with Gasteiger partial charge < -0.3 is 15.4 Å². The number of carbonyl (C=O) groups excluding carboxylic acids is 3. The number of hydrogen-bond acceptors (Lipinski definition) is 5. The molecular weight excluding hydrogens is 516 g/mol. The number of halogens is 1. The quantitative estimate of drug-likeness (QED) is 0.379. The zero-order valence-corrected chi connectivity index (χ0v) is 24.0. The maximum absolute atomic E-state index is 13.8. The maximum Gasteiger partial charge on any atom is 0.412 e. The first-order valence-corrected chi connectivity index (χ1v) is 13.5. The zero-order valence-electron chi connectivity index (χ0n) is 23.2. The molecule has 0 saturated carbocycles. The molecule has 0 radical (unpaired) electrons. The zero-order chi connectivity index (χ0) is 28.7. The summed E-state index contributed by atoms with van der Waals surface area (Å²) in [6, 6.07) is 14.1. The van der Waals surface area contributed by atoms with E-state index in [0.717, 1.165) is 30.5 Å². The lowest BCUT2D eigenvalue weighted by atomic mass is 9.89. The molecule has 1 aliphatic heterocycles. The van der Waals surface area contributed by atoms with Gasteiger partial charge in [0.2, 0.25) is 5.91 Å². The van der Waals surface area contributed by atoms with Crippen LogP contribution in [-0.2, 0) is 9.53 Å². The predicted molar refractivity (Wildman–Crippen MR) is 155 cm³/mol. The van der Waals surface area contributed by atoms with Crippen molar-refractivity contribution in [2.75, 3.05) is 18.4 Å². The smallest absolute Gasteiger partial charge is 0.412 e. The van der Waals surface area contributed by atoms with Crippen molar-refractivity contribution in [3.8, 4) is 0 Å². The lowest BCUT2D eigenvalue weighted by Crippen LogP contribution is -2.44. The number of anilines is 1. The second-order valence-corrected chi connectivity index (χ2v) is 11.1. The lowest BCUT2D eigenvalue weighted by molar-refractivity contribution is -0.115. The summed E-state index contributed by atoms with van der Waals surface area (Å²) in [5.74, 6) is -1.12. The first-order chi connectivity index (χ1) is 18.4. The molecule has 3 rings (SSSR count). The number of hydrogen-bond donors (Lipinski definition) is 2. The van der Waals surface area contributed by atoms with E-state index >= 15 is 0 Å². The first-order valence-electron chi connectivity index (χ1n) is 13.1. The Balaban J connectivity index is 1.97. The normalized spacial score (nSPS) is 16.2. The van der Waals surface area contributed by atoms with E-state index in [1.807, 2.05) is 19.1 Å². The van der Waals surface area contributed by atoms with Crippen molar-refractivity contribution in [2.24, 2.45) is 16.6 Å². The average Bonchev–Trinajstić information content (AvgIpc) is 2.86. The molecule has 1 atom stereocenters. The van der Waals surface area contributed by atoms with E-state index in [0.29, 0.717) is 34.1 Å². The first kappa shape index (κ1) is 29.9. The van der Waals surface area contributed by atoms with Crippen LogP contribution in [0.1, 0.15) is 69.8 Å². The Hall–Kier alpha value is -3.65. The van der Waals surface area contributed by atoms with Gasteiger partial charge in [-0.2, -0.15) is 0 Å². The minimum atomic E-state index is -0.690. The Kier molecular flexibility index (Phi) is 9.92. The van der Waals surface area contributed by atoms with E-state index < -0.39 is 17.6 Å². The molecule has 1 aliphatic rings. The van der Waals surface area contributed by atoms with Crippen molar-refractivity contribution in [2.45, 2.75) is 59.5 Å². The number of aliphatic imine (C=N–C) groups is 1. The summed E-state index contributed by atoms with van der Waals surface area (Å²) in [6.07, 6.45) is 1.93. The minimum absolute atomic E-state index is 0.0181. The molecular formula is C30H37ClN4O4. The van der Waals surface area contributed by atoms with E-state index in [1.165, 1.54) is 0 Å². The lowest BCUT2D eigenvalue weighted by Gasteiger charge is -2.35. The fraction of sp³-hybridized carbons (Fsp3) is 0.400. The number of benzene rings is 2. The highest BCUT2D eigenvalue weighted by Crippen LogP contribution is 2.31. The van der Waals surface area contributed by atoms with Gasteiger partial charge in [0.05, 0.1) is 29.1 Å². The van der Waals surface area contributed by atoms with Gasteiger partial charge in [0, 0.05) is 23.2 Å². The maximum atomic E-state index is 13.8. The van der Waals surface area contributed by atoms with Gasteiger partial charge in [-0.05, 0) is 63.9 Å². The average molecular weight is 553 g/mol. The second-order valence-electron chi connectivity index (χ2n) is 10.6. The number of nitrogens with two attached hydrogens (primary N) is 1. The number of nitrogens with zero attached hydrogens (tertiary/aromatic N) is 2. The molecule has 9 heteroatoms. The molecule has 8 nitrogen and oxygen atoms in total. The summed E-state index contributed by atoms with van der Waals surface area (Å²) in [6.45, 7) is 9.64. The standard InChI is InChI=1S/C30H37ClN4O4/c1-6-7-10-21-17-35(28(37)23-11-8-9-12-25(23)34-29(38)39-30(3,4)5)18-24(27(32)36)26(21)33-19(2)20-13-15-22(31)16-14-20/h8-9,11-16,21H,6-7,10,17-18H2,1-5H3,(H2,32,36)(H,34,38)/b33-19+. The van der Waals surface area contributed by atoms with Crippen molar-refractivity contribution in [1.82, 2.24) is 4.90 Å². The van der Waals surface area contributed by atoms with Gasteiger partial charge in [0.1, 0.15) is 5.60 Å². The molecule has 0 bridgehead atoms. The van der Waals surface area contributed by atoms with Gasteiger partial charge in [-0.3, -0.25) is 19.9 Å². The van der Waals surface area contributed by atoms with Gasteiger partial charge in [0.25, 0.3) is 5.91 Å². The largest absolute Gasteiger partial charge is 0.444 e. The Morgan fingerprint density at radius 2 is 1.79 bits per heavy atom. The number of ether oxygens (including phenoxy) is 1. The molecule has 0 spiro atoms. The van der Waals surface area contributed by atoms with Gasteiger partial charge in [-0.15, -0.1) is 0 Å². The molecule has 0 fully saturated rings. The summed E-state index contributed by atoms with van der Waals surface area (Å²) in [4.78, 5) is 45.3. The Labute approximate surface area is 235 Å². The van der Waals surface area contributed by atoms with Crippen LogP contribution in [0.2, 0.25) is 5.02 Å². The highest BCUT2D eigenvalue weighted by molar-refractivity contribution is 6.30. The molecule has 1 unspecified atom stereocenters. The van der Waals surface area contributed by atoms with Gasteiger partial charge in [-0.25, -0.2) is 4.79 Å². The SMILES string of the molecule is CCCCC1CN(C(=O)c2ccccc2NC(=O)OC(C)(C)C)CC(C(N)=O)=C1/N=C(\C)c1ccc(Cl)cc1. The Bertz CT molecular complexity index is 1280. The molecule has 0 saturated heterocycles. The number of unbranched alkanes of at least 4 members (excludes halogenated alkanes) is 1. The van der Waals surface area contributed by atoms with Gasteiger partial charge >= 0.3 is 6.09 Å². The summed E-state index contributed by atoms with van der Waals surface area (Å²) < 4.78 is 5.36. The molecule has 0 aromatic heterocycles. The third-order valence-corrected chi connectivity index (χ3v) is 6.57. The molecule has 0 aliphatic carbocycles. The third kappa shape index (κ3) is 8.17. The van der Waals surface area contributed by atoms with Crippen LogP contribution in [0.25, 0.3) is 0 Å². The number of primary amides is 1. The number of carbonyl (C=O) groups is 3. The number of amides is 3. The molecule has 3 amide bonds. The summed E-state index contributed by atoms with van der Waals surface area (Å²) in [7, 11) is 0. The van der Waals surface area contributed by atoms with Crippen molar-refractivity contribution in [1.29, 1.82) is 0 Å². The minimum Gasteiger partial charge on any atom is -0.444 e. The molecule has 208 valence electrons. The monoisotopic (exact) mass is 552 g/mol. The second kappa shape index (κ2) is 12.9. The van der Waals surface area contributed by atoms with E-state index in [9.17, 15) is 14.4 Å². The van der Waals surface area contributed by atoms with Crippen LogP contribution in [0, 0.1) is 5.92 Å². The Morgan fingerprint density at radius 3 is 2.41 bits per heavy atom. The van der Waals surface area contributed by atoms with Crippen LogP contribution >= 0.6 is 11.6 Å². The van der Waals surface area contributed by atoms with Crippen LogP contribution in [0.15, 0.2) is 64.8 Å². The van der Waals surface area contributed by atoms with E-state index in [-0.39, 0.29) is 18.4 Å². The van der Waals surface area contributed by atoms with E-state index in [2.05, 4.69) is 12.2 Å². The molecule has 2 aromatic rings. The molecule has 39 heavy (non-hydrogen) atoms. The highest BCUT2D eigenvalue weighted by atomic mass is 35.5. The van der Waals surface area contributed by atoms with Crippen molar-refractivity contribution >= 4 is 40.9 Å². The number of nitrogens with one attached hydrogen (secondary N) is 1. The van der Waals surface area contributed by atoms with Crippen molar-refractivity contribution in [3.63, 3.8) is 0 Å². The van der Waals surface area contributed by atoms with Crippen LogP contribution in [0.3, 0.4) is 0 Å². The van der Waals surface area contributed by atoms with Crippen LogP contribution < -0.4 is 11.1 Å². The summed E-state index contributed by atoms with van der Waals surface area (Å²) >= 11 is 6.04. The van der Waals surface area contributed by atoms with Crippen LogP contribution in [-0.4, -0.2) is 47.2 Å². The number of para-hydroxylation sites is 1. The highest BCUT2D eigenvalue weighted by Gasteiger charge is 2.34. The Morgan fingerprint density at radius 1 is 1.13 bits per heavy atom. The molecule has 1 heterocycles. The fourth-order valence-corrected chi connectivity index (χ4v) is 4.56. The van der Waals surface area contributed by atoms with Crippen molar-refractivity contribution < 1.29 is 19.1 Å². The predicted octanol–water partition coefficient (Wildman–Crippen LogP) is 6.20. The molecule has 2 aromatic carbocycles. The van der Waals surface area contributed by atoms with E-state index in [1.54, 1.807) is 62.1 Å².